The maximum atomic E-state index is 13.4. The van der Waals surface area contributed by atoms with Crippen LogP contribution in [0.25, 0.3) is 15.9 Å². The molecule has 1 aliphatic rings. The number of benzene rings is 2. The third kappa shape index (κ3) is 3.36. The fraction of sp³-hybridized carbons (Fsp3) is 0.174. The molecule has 0 saturated heterocycles. The number of hydrogen-bond donors (Lipinski definition) is 1. The van der Waals surface area contributed by atoms with Crippen LogP contribution < -0.4 is 26.0 Å². The lowest BCUT2D eigenvalue weighted by molar-refractivity contribution is -0.116. The number of fused-ring (bicyclic) bond motifs is 2. The zero-order valence-electron chi connectivity index (χ0n) is 17.4. The summed E-state index contributed by atoms with van der Waals surface area (Å²) >= 11 is 1.25. The molecule has 0 aliphatic carbocycles. The van der Waals surface area contributed by atoms with Gasteiger partial charge in [0.2, 0.25) is 12.7 Å². The molecule has 4 aromatic rings. The molecule has 0 unspecified atom stereocenters. The van der Waals surface area contributed by atoms with Gasteiger partial charge in [0, 0.05) is 11.8 Å². The Hall–Kier alpha value is -3.85. The van der Waals surface area contributed by atoms with Crippen LogP contribution in [0.15, 0.2) is 57.4 Å². The average molecular weight is 449 g/mol. The monoisotopic (exact) mass is 449 g/mol. The highest BCUT2D eigenvalue weighted by molar-refractivity contribution is 7.17. The number of carbonyl (C=O) groups is 1. The number of rotatable bonds is 4. The first-order chi connectivity index (χ1) is 15.4. The first kappa shape index (κ1) is 20.1. The number of nitrogens with one attached hydrogen (secondary N) is 1. The largest absolute Gasteiger partial charge is 0.454 e. The summed E-state index contributed by atoms with van der Waals surface area (Å²) < 4.78 is 13.5. The van der Waals surface area contributed by atoms with Crippen molar-refractivity contribution >= 4 is 33.1 Å². The minimum absolute atomic E-state index is 0.137. The molecule has 2 aromatic carbocycles. The van der Waals surface area contributed by atoms with Gasteiger partial charge in [-0.05, 0) is 54.6 Å². The van der Waals surface area contributed by atoms with E-state index in [0.29, 0.717) is 33.1 Å². The fourth-order valence-corrected chi connectivity index (χ4v) is 4.56. The summed E-state index contributed by atoms with van der Waals surface area (Å²) in [5.41, 5.74) is 2.25. The van der Waals surface area contributed by atoms with E-state index in [1.807, 2.05) is 26.0 Å². The number of ether oxygens (including phenoxy) is 2. The first-order valence-corrected chi connectivity index (χ1v) is 10.8. The van der Waals surface area contributed by atoms with E-state index >= 15 is 0 Å². The molecule has 1 aliphatic heterocycles. The average Bonchev–Trinajstić information content (AvgIpc) is 3.43. The Morgan fingerprint density at radius 1 is 1.06 bits per heavy atom. The molecule has 162 valence electrons. The van der Waals surface area contributed by atoms with Crippen molar-refractivity contribution in [1.82, 2.24) is 9.13 Å². The lowest BCUT2D eigenvalue weighted by Gasteiger charge is -2.14. The predicted molar refractivity (Wildman–Crippen MR) is 122 cm³/mol. The summed E-state index contributed by atoms with van der Waals surface area (Å²) in [5.74, 6) is 0.757. The number of thiophene rings is 1. The maximum Gasteiger partial charge on any atom is 0.336 e. The molecule has 0 bridgehead atoms. The van der Waals surface area contributed by atoms with Gasteiger partial charge in [0.25, 0.3) is 5.56 Å². The summed E-state index contributed by atoms with van der Waals surface area (Å²) in [6, 6.07) is 12.4. The van der Waals surface area contributed by atoms with Crippen LogP contribution in [-0.2, 0) is 11.3 Å². The molecular weight excluding hydrogens is 430 g/mol. The quantitative estimate of drug-likeness (QED) is 0.517. The van der Waals surface area contributed by atoms with Crippen LogP contribution in [-0.4, -0.2) is 21.8 Å². The van der Waals surface area contributed by atoms with Crippen molar-refractivity contribution in [2.75, 3.05) is 12.1 Å². The third-order valence-corrected chi connectivity index (χ3v) is 6.21. The first-order valence-electron chi connectivity index (χ1n) is 9.92. The minimum Gasteiger partial charge on any atom is -0.454 e. The van der Waals surface area contributed by atoms with E-state index in [4.69, 9.17) is 9.47 Å². The molecule has 32 heavy (non-hydrogen) atoms. The van der Waals surface area contributed by atoms with E-state index in [0.717, 1.165) is 15.7 Å². The van der Waals surface area contributed by atoms with Crippen molar-refractivity contribution in [3.05, 3.63) is 79.8 Å². The maximum absolute atomic E-state index is 13.4. The number of anilines is 1. The summed E-state index contributed by atoms with van der Waals surface area (Å²) in [6.45, 7) is 3.63. The van der Waals surface area contributed by atoms with Gasteiger partial charge >= 0.3 is 5.69 Å². The number of amides is 1. The minimum atomic E-state index is -0.560. The second-order valence-electron chi connectivity index (χ2n) is 7.55. The Labute approximate surface area is 186 Å². The van der Waals surface area contributed by atoms with Gasteiger partial charge in [-0.25, -0.2) is 9.36 Å². The zero-order chi connectivity index (χ0) is 22.4. The molecule has 5 rings (SSSR count). The molecule has 0 radical (unpaired) electrons. The van der Waals surface area contributed by atoms with Crippen molar-refractivity contribution in [2.24, 2.45) is 0 Å². The SMILES string of the molecule is Cc1ccc(C)c(-n2c(=O)c3sccc3n(CC(=O)Nc3ccc4c(c3)OCO4)c2=O)c1. The van der Waals surface area contributed by atoms with Crippen molar-refractivity contribution in [3.63, 3.8) is 0 Å². The molecule has 0 fully saturated rings. The van der Waals surface area contributed by atoms with E-state index in [2.05, 4.69) is 5.32 Å². The van der Waals surface area contributed by atoms with Crippen LogP contribution in [0.2, 0.25) is 0 Å². The van der Waals surface area contributed by atoms with Gasteiger partial charge in [0.1, 0.15) is 11.2 Å². The molecule has 0 saturated carbocycles. The Balaban J connectivity index is 1.56. The Kier molecular flexibility index (Phi) is 4.82. The summed E-state index contributed by atoms with van der Waals surface area (Å²) in [7, 11) is 0. The van der Waals surface area contributed by atoms with Gasteiger partial charge in [-0.2, -0.15) is 0 Å². The molecule has 1 N–H and O–H groups in total. The van der Waals surface area contributed by atoms with Crippen molar-refractivity contribution in [1.29, 1.82) is 0 Å². The molecule has 0 spiro atoms. The smallest absolute Gasteiger partial charge is 0.336 e. The lowest BCUT2D eigenvalue weighted by Crippen LogP contribution is -2.40. The van der Waals surface area contributed by atoms with E-state index in [-0.39, 0.29) is 18.9 Å². The molecule has 9 heteroatoms. The Morgan fingerprint density at radius 2 is 1.88 bits per heavy atom. The topological polar surface area (TPSA) is 91.6 Å². The van der Waals surface area contributed by atoms with Crippen LogP contribution in [0.4, 0.5) is 5.69 Å². The molecular formula is C23H19N3O5S. The van der Waals surface area contributed by atoms with E-state index in [9.17, 15) is 14.4 Å². The predicted octanol–water partition coefficient (Wildman–Crippen LogP) is 3.20. The lowest BCUT2D eigenvalue weighted by atomic mass is 10.1. The second kappa shape index (κ2) is 7.69. The van der Waals surface area contributed by atoms with Crippen LogP contribution in [0.5, 0.6) is 11.5 Å². The van der Waals surface area contributed by atoms with Crippen LogP contribution in [0.1, 0.15) is 11.1 Å². The summed E-state index contributed by atoms with van der Waals surface area (Å²) in [5, 5.41) is 4.52. The standard InChI is InChI=1S/C23H19N3O5S/c1-13-3-4-14(2)17(9-13)26-22(28)21-16(7-8-32-21)25(23(26)29)11-20(27)24-15-5-6-18-19(10-15)31-12-30-18/h3-10H,11-12H2,1-2H3,(H,24,27). The number of hydrogen-bond acceptors (Lipinski definition) is 6. The van der Waals surface area contributed by atoms with E-state index in [1.165, 1.54) is 15.9 Å². The van der Waals surface area contributed by atoms with Gasteiger partial charge in [0.05, 0.1) is 11.2 Å². The van der Waals surface area contributed by atoms with Crippen LogP contribution in [0, 0.1) is 13.8 Å². The second-order valence-corrected chi connectivity index (χ2v) is 8.47. The number of aromatic nitrogens is 2. The van der Waals surface area contributed by atoms with Gasteiger partial charge < -0.3 is 14.8 Å². The van der Waals surface area contributed by atoms with Crippen LogP contribution in [0.3, 0.4) is 0 Å². The number of carbonyl (C=O) groups excluding carboxylic acids is 1. The normalized spacial score (nSPS) is 12.3. The Bertz CT molecular complexity index is 1500. The number of nitrogens with zero attached hydrogens (tertiary/aromatic N) is 2. The van der Waals surface area contributed by atoms with Gasteiger partial charge in [-0.3, -0.25) is 14.2 Å². The summed E-state index contributed by atoms with van der Waals surface area (Å²) in [6.07, 6.45) is 0. The van der Waals surface area contributed by atoms with Crippen molar-refractivity contribution < 1.29 is 14.3 Å². The molecule has 2 aromatic heterocycles. The molecule has 3 heterocycles. The van der Waals surface area contributed by atoms with Gasteiger partial charge in [-0.1, -0.05) is 12.1 Å². The Morgan fingerprint density at radius 3 is 2.72 bits per heavy atom. The highest BCUT2D eigenvalue weighted by atomic mass is 32.1. The number of aryl methyl sites for hydroxylation is 2. The van der Waals surface area contributed by atoms with Crippen molar-refractivity contribution in [3.8, 4) is 17.2 Å². The van der Waals surface area contributed by atoms with E-state index in [1.54, 1.807) is 35.7 Å². The zero-order valence-corrected chi connectivity index (χ0v) is 18.2. The van der Waals surface area contributed by atoms with Crippen molar-refractivity contribution in [2.45, 2.75) is 20.4 Å². The van der Waals surface area contributed by atoms with Crippen LogP contribution >= 0.6 is 11.3 Å². The fourth-order valence-electron chi connectivity index (χ4n) is 3.73. The van der Waals surface area contributed by atoms with E-state index < -0.39 is 11.6 Å². The molecule has 8 nitrogen and oxygen atoms in total. The molecule has 1 amide bonds. The molecule has 0 atom stereocenters. The highest BCUT2D eigenvalue weighted by Gasteiger charge is 2.19. The highest BCUT2D eigenvalue weighted by Crippen LogP contribution is 2.34. The van der Waals surface area contributed by atoms with Gasteiger partial charge in [-0.15, -0.1) is 11.3 Å². The van der Waals surface area contributed by atoms with Gasteiger partial charge in [0.15, 0.2) is 11.5 Å². The summed E-state index contributed by atoms with van der Waals surface area (Å²) in [4.78, 5) is 39.4. The third-order valence-electron chi connectivity index (χ3n) is 5.32.